The van der Waals surface area contributed by atoms with Gasteiger partial charge in [-0.1, -0.05) is 62.4 Å². The number of anilines is 2. The lowest BCUT2D eigenvalue weighted by Gasteiger charge is -2.35. The summed E-state index contributed by atoms with van der Waals surface area (Å²) < 4.78 is 0. The van der Waals surface area contributed by atoms with Gasteiger partial charge in [0.25, 0.3) is 0 Å². The molecule has 0 bridgehead atoms. The first-order chi connectivity index (χ1) is 15.5. The maximum absolute atomic E-state index is 13.7. The molecule has 1 aromatic heterocycles. The maximum atomic E-state index is 13.7. The van der Waals surface area contributed by atoms with E-state index in [1.165, 1.54) is 5.56 Å². The van der Waals surface area contributed by atoms with Crippen molar-refractivity contribution in [2.75, 3.05) is 10.2 Å². The number of ketones is 1. The topological polar surface area (TPSA) is 49.4 Å². The van der Waals surface area contributed by atoms with Gasteiger partial charge in [0, 0.05) is 28.5 Å². The minimum atomic E-state index is -0.416. The first-order valence-electron chi connectivity index (χ1n) is 11.1. The summed E-state index contributed by atoms with van der Waals surface area (Å²) in [5.41, 5.74) is 4.52. The summed E-state index contributed by atoms with van der Waals surface area (Å²) in [7, 11) is 0. The Morgan fingerprint density at radius 3 is 2.47 bits per heavy atom. The van der Waals surface area contributed by atoms with Gasteiger partial charge in [0.05, 0.1) is 11.4 Å². The quantitative estimate of drug-likeness (QED) is 0.517. The lowest BCUT2D eigenvalue weighted by atomic mass is 9.79. The minimum absolute atomic E-state index is 0.0179. The average Bonchev–Trinajstić information content (AvgIpc) is 3.28. The van der Waals surface area contributed by atoms with Gasteiger partial charge in [-0.05, 0) is 41.5 Å². The van der Waals surface area contributed by atoms with E-state index >= 15 is 0 Å². The Morgan fingerprint density at radius 1 is 1.00 bits per heavy atom. The predicted octanol–water partition coefficient (Wildman–Crippen LogP) is 6.30. The summed E-state index contributed by atoms with van der Waals surface area (Å²) in [6, 6.07) is 21.7. The SMILES string of the molecule is CC(C)C(=O)N1c2ccccc2NC2=C(C(=O)C[C@@H](c3ccccc3)C2)[C@@H]1c1cccs1. The molecule has 4 nitrogen and oxygen atoms in total. The molecule has 3 aromatic rings. The summed E-state index contributed by atoms with van der Waals surface area (Å²) >= 11 is 1.59. The van der Waals surface area contributed by atoms with Gasteiger partial charge >= 0.3 is 0 Å². The van der Waals surface area contributed by atoms with Crippen LogP contribution in [0.4, 0.5) is 11.4 Å². The zero-order valence-corrected chi connectivity index (χ0v) is 19.1. The molecule has 1 aliphatic heterocycles. The van der Waals surface area contributed by atoms with E-state index in [-0.39, 0.29) is 23.5 Å². The maximum Gasteiger partial charge on any atom is 0.230 e. The van der Waals surface area contributed by atoms with Crippen molar-refractivity contribution in [2.24, 2.45) is 5.92 Å². The number of amides is 1. The summed E-state index contributed by atoms with van der Waals surface area (Å²) in [5.74, 6) is 0.0617. The highest BCUT2D eigenvalue weighted by molar-refractivity contribution is 7.10. The molecular formula is C27H26N2O2S. The summed E-state index contributed by atoms with van der Waals surface area (Å²) in [6.07, 6.45) is 1.19. The van der Waals surface area contributed by atoms with Crippen molar-refractivity contribution in [2.45, 2.75) is 38.6 Å². The van der Waals surface area contributed by atoms with Crippen LogP contribution in [-0.2, 0) is 9.59 Å². The molecule has 0 unspecified atom stereocenters. The number of fused-ring (bicyclic) bond motifs is 1. The van der Waals surface area contributed by atoms with Crippen LogP contribution in [0.2, 0.25) is 0 Å². The first kappa shape index (κ1) is 20.7. The lowest BCUT2D eigenvalue weighted by molar-refractivity contribution is -0.121. The number of nitrogens with zero attached hydrogens (tertiary/aromatic N) is 1. The largest absolute Gasteiger partial charge is 0.357 e. The van der Waals surface area contributed by atoms with Crippen LogP contribution in [0.1, 0.15) is 49.1 Å². The van der Waals surface area contributed by atoms with Crippen LogP contribution in [0.25, 0.3) is 0 Å². The van der Waals surface area contributed by atoms with Gasteiger partial charge in [-0.25, -0.2) is 0 Å². The van der Waals surface area contributed by atoms with Crippen LogP contribution >= 0.6 is 11.3 Å². The molecule has 0 saturated carbocycles. The van der Waals surface area contributed by atoms with Crippen molar-refractivity contribution >= 4 is 34.4 Å². The van der Waals surface area contributed by atoms with Crippen LogP contribution < -0.4 is 10.2 Å². The van der Waals surface area contributed by atoms with Crippen molar-refractivity contribution in [3.63, 3.8) is 0 Å². The minimum Gasteiger partial charge on any atom is -0.357 e. The van der Waals surface area contributed by atoms with Crippen molar-refractivity contribution in [1.29, 1.82) is 0 Å². The lowest BCUT2D eigenvalue weighted by Crippen LogP contribution is -2.40. The smallest absolute Gasteiger partial charge is 0.230 e. The molecule has 0 spiro atoms. The molecule has 1 amide bonds. The number of para-hydroxylation sites is 2. The number of carbonyl (C=O) groups is 2. The van der Waals surface area contributed by atoms with E-state index in [0.29, 0.717) is 6.42 Å². The molecule has 1 N–H and O–H groups in total. The highest BCUT2D eigenvalue weighted by atomic mass is 32.1. The number of hydrogen-bond donors (Lipinski definition) is 1. The van der Waals surface area contributed by atoms with Gasteiger partial charge < -0.3 is 5.32 Å². The molecule has 32 heavy (non-hydrogen) atoms. The number of Topliss-reactive ketones (excluding diaryl/α,β-unsaturated/α-hetero) is 1. The number of rotatable bonds is 3. The highest BCUT2D eigenvalue weighted by Crippen LogP contribution is 2.48. The molecule has 0 fully saturated rings. The van der Waals surface area contributed by atoms with E-state index in [2.05, 4.69) is 17.4 Å². The number of thiophene rings is 1. The van der Waals surface area contributed by atoms with Gasteiger partial charge in [-0.2, -0.15) is 0 Å². The zero-order chi connectivity index (χ0) is 22.2. The number of benzene rings is 2. The van der Waals surface area contributed by atoms with E-state index < -0.39 is 6.04 Å². The van der Waals surface area contributed by atoms with Crippen LogP contribution in [0.5, 0.6) is 0 Å². The zero-order valence-electron chi connectivity index (χ0n) is 18.2. The Morgan fingerprint density at radius 2 is 1.75 bits per heavy atom. The predicted molar refractivity (Wildman–Crippen MR) is 130 cm³/mol. The summed E-state index contributed by atoms with van der Waals surface area (Å²) in [6.45, 7) is 3.83. The molecule has 0 radical (unpaired) electrons. The van der Waals surface area contributed by atoms with E-state index in [0.717, 1.165) is 33.9 Å². The fraction of sp³-hybridized carbons (Fsp3) is 0.259. The Hall–Kier alpha value is -3.18. The van der Waals surface area contributed by atoms with Gasteiger partial charge in [0.15, 0.2) is 5.78 Å². The Labute approximate surface area is 192 Å². The monoisotopic (exact) mass is 442 g/mol. The van der Waals surface area contributed by atoms with Gasteiger partial charge in [-0.3, -0.25) is 14.5 Å². The Balaban J connectivity index is 1.70. The van der Waals surface area contributed by atoms with Crippen molar-refractivity contribution in [3.8, 4) is 0 Å². The van der Waals surface area contributed by atoms with Gasteiger partial charge in [0.2, 0.25) is 5.91 Å². The van der Waals surface area contributed by atoms with Crippen molar-refractivity contribution in [1.82, 2.24) is 0 Å². The highest BCUT2D eigenvalue weighted by Gasteiger charge is 2.42. The van der Waals surface area contributed by atoms with E-state index in [1.54, 1.807) is 11.3 Å². The second-order valence-corrected chi connectivity index (χ2v) is 9.73. The van der Waals surface area contributed by atoms with Crippen LogP contribution in [-0.4, -0.2) is 11.7 Å². The molecule has 0 saturated heterocycles. The van der Waals surface area contributed by atoms with Crippen LogP contribution in [0.3, 0.4) is 0 Å². The summed E-state index contributed by atoms with van der Waals surface area (Å²) in [4.78, 5) is 30.1. The number of hydrogen-bond acceptors (Lipinski definition) is 4. The molecule has 2 atom stereocenters. The average molecular weight is 443 g/mol. The van der Waals surface area contributed by atoms with E-state index in [9.17, 15) is 9.59 Å². The number of nitrogens with one attached hydrogen (secondary N) is 1. The van der Waals surface area contributed by atoms with Gasteiger partial charge in [-0.15, -0.1) is 11.3 Å². The molecule has 1 aliphatic carbocycles. The molecule has 162 valence electrons. The molecule has 2 aromatic carbocycles. The molecule has 2 heterocycles. The third-order valence-corrected chi connectivity index (χ3v) is 7.23. The van der Waals surface area contributed by atoms with Crippen molar-refractivity contribution in [3.05, 3.63) is 93.8 Å². The molecular weight excluding hydrogens is 416 g/mol. The van der Waals surface area contributed by atoms with Gasteiger partial charge in [0.1, 0.15) is 6.04 Å². The first-order valence-corrected chi connectivity index (χ1v) is 12.0. The fourth-order valence-electron chi connectivity index (χ4n) is 4.79. The number of allylic oxidation sites excluding steroid dienone is 1. The molecule has 2 aliphatic rings. The Bertz CT molecular complexity index is 1180. The fourth-order valence-corrected chi connectivity index (χ4v) is 5.61. The molecule has 5 rings (SSSR count). The van der Waals surface area contributed by atoms with E-state index in [1.807, 2.05) is 78.7 Å². The second kappa shape index (κ2) is 8.40. The van der Waals surface area contributed by atoms with Crippen molar-refractivity contribution < 1.29 is 9.59 Å². The second-order valence-electron chi connectivity index (χ2n) is 8.75. The standard InChI is InChI=1S/C27H26N2O2S/c1-17(2)27(31)29-22-12-7-6-11-20(22)28-21-15-19(18-9-4-3-5-10-18)16-23(30)25(21)26(29)24-13-8-14-32-24/h3-14,17,19,26,28H,15-16H2,1-2H3/t19-,26-/m0/s1. The number of carbonyl (C=O) groups excluding carboxylic acids is 2. The van der Waals surface area contributed by atoms with Crippen LogP contribution in [0, 0.1) is 5.92 Å². The molecule has 5 heteroatoms. The third-order valence-electron chi connectivity index (χ3n) is 6.30. The summed E-state index contributed by atoms with van der Waals surface area (Å²) in [5, 5.41) is 5.59. The van der Waals surface area contributed by atoms with Crippen LogP contribution in [0.15, 0.2) is 83.4 Å². The Kier molecular flexibility index (Phi) is 5.43. The normalized spacial score (nSPS) is 20.5. The third kappa shape index (κ3) is 3.56. The van der Waals surface area contributed by atoms with E-state index in [4.69, 9.17) is 0 Å².